The molecule has 1 aromatic heterocycles. The van der Waals surface area contributed by atoms with Gasteiger partial charge in [-0.3, -0.25) is 4.79 Å². The molecule has 0 N–H and O–H groups in total. The van der Waals surface area contributed by atoms with Crippen LogP contribution in [0.15, 0.2) is 4.52 Å². The number of morpholine rings is 1. The Bertz CT molecular complexity index is 479. The van der Waals surface area contributed by atoms with Crippen molar-refractivity contribution in [3.63, 3.8) is 0 Å². The van der Waals surface area contributed by atoms with E-state index in [4.69, 9.17) is 9.26 Å². The molecule has 1 aliphatic heterocycles. The monoisotopic (exact) mass is 295 g/mol. The van der Waals surface area contributed by atoms with E-state index in [0.717, 1.165) is 6.42 Å². The highest BCUT2D eigenvalue weighted by atomic mass is 16.5. The average molecular weight is 295 g/mol. The van der Waals surface area contributed by atoms with Gasteiger partial charge in [-0.2, -0.15) is 4.98 Å². The minimum absolute atomic E-state index is 0.110. The van der Waals surface area contributed by atoms with Gasteiger partial charge in [-0.25, -0.2) is 0 Å². The summed E-state index contributed by atoms with van der Waals surface area (Å²) < 4.78 is 10.6. The zero-order valence-electron chi connectivity index (χ0n) is 13.4. The van der Waals surface area contributed by atoms with Crippen LogP contribution in [0.5, 0.6) is 0 Å². The van der Waals surface area contributed by atoms with Gasteiger partial charge < -0.3 is 14.2 Å². The molecule has 1 saturated heterocycles. The van der Waals surface area contributed by atoms with E-state index in [1.165, 1.54) is 0 Å². The molecule has 21 heavy (non-hydrogen) atoms. The molecule has 118 valence electrons. The van der Waals surface area contributed by atoms with Gasteiger partial charge in [0, 0.05) is 24.8 Å². The third-order valence-corrected chi connectivity index (χ3v) is 3.61. The lowest BCUT2D eigenvalue weighted by molar-refractivity contribution is -0.139. The first-order valence-electron chi connectivity index (χ1n) is 7.58. The van der Waals surface area contributed by atoms with Crippen molar-refractivity contribution in [2.24, 2.45) is 0 Å². The van der Waals surface area contributed by atoms with E-state index < -0.39 is 0 Å². The van der Waals surface area contributed by atoms with Crippen LogP contribution in [0, 0.1) is 0 Å². The molecule has 1 fully saturated rings. The molecule has 2 heterocycles. The predicted molar refractivity (Wildman–Crippen MR) is 77.9 cm³/mol. The van der Waals surface area contributed by atoms with Crippen molar-refractivity contribution < 1.29 is 14.1 Å². The lowest BCUT2D eigenvalue weighted by atomic mass is 9.96. The lowest BCUT2D eigenvalue weighted by Gasteiger charge is -2.33. The quantitative estimate of drug-likeness (QED) is 0.849. The van der Waals surface area contributed by atoms with Gasteiger partial charge in [0.15, 0.2) is 5.82 Å². The van der Waals surface area contributed by atoms with E-state index in [1.807, 2.05) is 32.6 Å². The highest BCUT2D eigenvalue weighted by Gasteiger charge is 2.24. The van der Waals surface area contributed by atoms with Crippen molar-refractivity contribution in [2.45, 2.75) is 58.4 Å². The van der Waals surface area contributed by atoms with Gasteiger partial charge in [0.05, 0.1) is 19.3 Å². The minimum atomic E-state index is -0.110. The third-order valence-electron chi connectivity index (χ3n) is 3.61. The molecule has 0 bridgehead atoms. The molecule has 6 nitrogen and oxygen atoms in total. The fourth-order valence-corrected chi connectivity index (χ4v) is 2.29. The van der Waals surface area contributed by atoms with E-state index >= 15 is 0 Å². The fraction of sp³-hybridized carbons (Fsp3) is 0.800. The molecule has 0 saturated carbocycles. The maximum Gasteiger partial charge on any atom is 0.226 e. The highest BCUT2D eigenvalue weighted by Crippen LogP contribution is 2.19. The first kappa shape index (κ1) is 15.9. The molecule has 1 amide bonds. The Morgan fingerprint density at radius 3 is 2.81 bits per heavy atom. The van der Waals surface area contributed by atoms with Crippen LogP contribution >= 0.6 is 0 Å². The zero-order chi connectivity index (χ0) is 15.5. The molecular weight excluding hydrogens is 270 g/mol. The SMILES string of the molecule is C[C@H]1COCCN1C(=O)CCCc1nc(C(C)(C)C)no1. The van der Waals surface area contributed by atoms with Crippen LogP contribution in [0.25, 0.3) is 0 Å². The van der Waals surface area contributed by atoms with E-state index in [0.29, 0.717) is 44.3 Å². The molecule has 0 unspecified atom stereocenters. The Balaban J connectivity index is 1.78. The molecule has 0 aromatic carbocycles. The Morgan fingerprint density at radius 2 is 2.19 bits per heavy atom. The van der Waals surface area contributed by atoms with Gasteiger partial charge in [0.1, 0.15) is 0 Å². The molecule has 0 aliphatic carbocycles. The first-order valence-corrected chi connectivity index (χ1v) is 7.58. The first-order chi connectivity index (χ1) is 9.88. The average Bonchev–Trinajstić information content (AvgIpc) is 2.88. The van der Waals surface area contributed by atoms with Crippen LogP contribution in [-0.2, 0) is 21.4 Å². The number of aromatic nitrogens is 2. The number of amides is 1. The van der Waals surface area contributed by atoms with E-state index in [2.05, 4.69) is 10.1 Å². The van der Waals surface area contributed by atoms with Crippen molar-refractivity contribution >= 4 is 5.91 Å². The normalized spacial score (nSPS) is 19.8. The summed E-state index contributed by atoms with van der Waals surface area (Å²) in [5.74, 6) is 1.51. The molecule has 2 rings (SSSR count). The van der Waals surface area contributed by atoms with Crippen LogP contribution < -0.4 is 0 Å². The number of hydrogen-bond donors (Lipinski definition) is 0. The van der Waals surface area contributed by atoms with Crippen molar-refractivity contribution in [2.75, 3.05) is 19.8 Å². The van der Waals surface area contributed by atoms with Crippen LogP contribution in [-0.4, -0.2) is 46.7 Å². The van der Waals surface area contributed by atoms with Gasteiger partial charge in [0.25, 0.3) is 0 Å². The molecule has 6 heteroatoms. The smallest absolute Gasteiger partial charge is 0.226 e. The number of rotatable bonds is 4. The highest BCUT2D eigenvalue weighted by molar-refractivity contribution is 5.76. The number of carbonyl (C=O) groups excluding carboxylic acids is 1. The van der Waals surface area contributed by atoms with Gasteiger partial charge in [-0.05, 0) is 13.3 Å². The Morgan fingerprint density at radius 1 is 1.43 bits per heavy atom. The summed E-state index contributed by atoms with van der Waals surface area (Å²) in [6.07, 6.45) is 1.89. The number of nitrogens with zero attached hydrogens (tertiary/aromatic N) is 3. The van der Waals surface area contributed by atoms with Crippen LogP contribution in [0.4, 0.5) is 0 Å². The van der Waals surface area contributed by atoms with E-state index in [-0.39, 0.29) is 17.4 Å². The summed E-state index contributed by atoms with van der Waals surface area (Å²) in [6, 6.07) is 0.169. The fourth-order valence-electron chi connectivity index (χ4n) is 2.29. The van der Waals surface area contributed by atoms with Crippen molar-refractivity contribution in [3.05, 3.63) is 11.7 Å². The molecular formula is C15H25N3O3. The number of aryl methyl sites for hydroxylation is 1. The van der Waals surface area contributed by atoms with Gasteiger partial charge >= 0.3 is 0 Å². The van der Waals surface area contributed by atoms with Crippen molar-refractivity contribution in [1.82, 2.24) is 15.0 Å². The number of carbonyl (C=O) groups is 1. The molecule has 1 atom stereocenters. The topological polar surface area (TPSA) is 68.5 Å². The second kappa shape index (κ2) is 6.56. The lowest BCUT2D eigenvalue weighted by Crippen LogP contribution is -2.47. The number of hydrogen-bond acceptors (Lipinski definition) is 5. The second-order valence-electron chi connectivity index (χ2n) is 6.63. The van der Waals surface area contributed by atoms with E-state index in [1.54, 1.807) is 0 Å². The maximum atomic E-state index is 12.2. The molecule has 0 radical (unpaired) electrons. The standard InChI is InChI=1S/C15H25N3O3/c1-11-10-20-9-8-18(11)13(19)7-5-6-12-16-14(17-21-12)15(2,3)4/h11H,5-10H2,1-4H3/t11-/m0/s1. The zero-order valence-corrected chi connectivity index (χ0v) is 13.4. The molecule has 0 spiro atoms. The Hall–Kier alpha value is -1.43. The summed E-state index contributed by atoms with van der Waals surface area (Å²) in [4.78, 5) is 18.5. The van der Waals surface area contributed by atoms with Gasteiger partial charge in [-0.1, -0.05) is 25.9 Å². The minimum Gasteiger partial charge on any atom is -0.377 e. The second-order valence-corrected chi connectivity index (χ2v) is 6.63. The van der Waals surface area contributed by atoms with Crippen LogP contribution in [0.2, 0.25) is 0 Å². The van der Waals surface area contributed by atoms with Crippen LogP contribution in [0.1, 0.15) is 52.3 Å². The molecule has 1 aromatic rings. The molecule has 1 aliphatic rings. The van der Waals surface area contributed by atoms with Gasteiger partial charge in [0.2, 0.25) is 11.8 Å². The summed E-state index contributed by atoms with van der Waals surface area (Å²) >= 11 is 0. The van der Waals surface area contributed by atoms with Crippen molar-refractivity contribution in [1.29, 1.82) is 0 Å². The summed E-state index contributed by atoms with van der Waals surface area (Å²) in [5.41, 5.74) is -0.110. The van der Waals surface area contributed by atoms with Crippen LogP contribution in [0.3, 0.4) is 0 Å². The third kappa shape index (κ3) is 4.27. The maximum absolute atomic E-state index is 12.2. The number of ether oxygens (including phenoxy) is 1. The van der Waals surface area contributed by atoms with Gasteiger partial charge in [-0.15, -0.1) is 0 Å². The largest absolute Gasteiger partial charge is 0.377 e. The Kier molecular flexibility index (Phi) is 4.98. The summed E-state index contributed by atoms with van der Waals surface area (Å²) in [6.45, 7) is 10.1. The predicted octanol–water partition coefficient (Wildman–Crippen LogP) is 1.94. The van der Waals surface area contributed by atoms with Crippen molar-refractivity contribution in [3.8, 4) is 0 Å². The Labute approximate surface area is 125 Å². The van der Waals surface area contributed by atoms with E-state index in [9.17, 15) is 4.79 Å². The summed E-state index contributed by atoms with van der Waals surface area (Å²) in [5, 5.41) is 3.99. The summed E-state index contributed by atoms with van der Waals surface area (Å²) in [7, 11) is 0.